The molecular weight excluding hydrogens is 348 g/mol. The van der Waals surface area contributed by atoms with E-state index in [0.29, 0.717) is 5.56 Å². The molecule has 6 heteroatoms. The molecule has 1 aliphatic rings. The van der Waals surface area contributed by atoms with Gasteiger partial charge in [0.15, 0.2) is 12.4 Å². The van der Waals surface area contributed by atoms with Crippen LogP contribution < -0.4 is 9.47 Å². The SMILES string of the molecule is Br.COC(=O)c1ccc[n+](C2C(=O)N(C)c3ccccc32)c1. The molecule has 0 saturated carbocycles. The van der Waals surface area contributed by atoms with E-state index in [2.05, 4.69) is 0 Å². The number of para-hydroxylation sites is 1. The molecule has 0 aliphatic carbocycles. The molecule has 114 valence electrons. The Morgan fingerprint density at radius 3 is 2.68 bits per heavy atom. The van der Waals surface area contributed by atoms with Crippen molar-refractivity contribution in [3.8, 4) is 0 Å². The van der Waals surface area contributed by atoms with Crippen LogP contribution >= 0.6 is 17.0 Å². The van der Waals surface area contributed by atoms with E-state index >= 15 is 0 Å². The zero-order chi connectivity index (χ0) is 15.0. The summed E-state index contributed by atoms with van der Waals surface area (Å²) >= 11 is 0. The number of halogens is 1. The number of ether oxygens (including phenoxy) is 1. The fourth-order valence-electron chi connectivity index (χ4n) is 2.64. The number of amides is 1. The molecule has 3 rings (SSSR count). The largest absolute Gasteiger partial charge is 0.465 e. The van der Waals surface area contributed by atoms with Crippen molar-refractivity contribution in [2.24, 2.45) is 0 Å². The van der Waals surface area contributed by atoms with E-state index < -0.39 is 12.0 Å². The van der Waals surface area contributed by atoms with Crippen LogP contribution in [0.4, 0.5) is 5.69 Å². The van der Waals surface area contributed by atoms with Crippen molar-refractivity contribution in [3.63, 3.8) is 0 Å². The number of hydrogen-bond donors (Lipinski definition) is 0. The topological polar surface area (TPSA) is 50.5 Å². The van der Waals surface area contributed by atoms with Crippen molar-refractivity contribution in [2.75, 3.05) is 19.1 Å². The molecule has 2 heterocycles. The number of hydrogen-bond acceptors (Lipinski definition) is 3. The van der Waals surface area contributed by atoms with Crippen LogP contribution in [0.25, 0.3) is 0 Å². The molecule has 5 nitrogen and oxygen atoms in total. The molecule has 1 aromatic carbocycles. The highest BCUT2D eigenvalue weighted by molar-refractivity contribution is 8.93. The quantitative estimate of drug-likeness (QED) is 0.604. The first-order chi connectivity index (χ1) is 10.1. The van der Waals surface area contributed by atoms with Gasteiger partial charge in [0.05, 0.1) is 18.4 Å². The zero-order valence-corrected chi connectivity index (χ0v) is 13.9. The number of rotatable bonds is 2. The van der Waals surface area contributed by atoms with Crippen LogP contribution in [0.5, 0.6) is 0 Å². The minimum atomic E-state index is -0.448. The van der Waals surface area contributed by atoms with Crippen molar-refractivity contribution in [3.05, 3.63) is 59.9 Å². The van der Waals surface area contributed by atoms with E-state index in [1.54, 1.807) is 41.0 Å². The van der Waals surface area contributed by atoms with Gasteiger partial charge in [0.25, 0.3) is 6.04 Å². The highest BCUT2D eigenvalue weighted by Crippen LogP contribution is 2.33. The summed E-state index contributed by atoms with van der Waals surface area (Å²) in [4.78, 5) is 25.8. The van der Waals surface area contributed by atoms with E-state index in [-0.39, 0.29) is 22.9 Å². The maximum Gasteiger partial charge on any atom is 0.343 e. The molecule has 0 fully saturated rings. The number of nitrogens with zero attached hydrogens (tertiary/aromatic N) is 2. The highest BCUT2D eigenvalue weighted by Gasteiger charge is 2.41. The Bertz CT molecular complexity index is 733. The lowest BCUT2D eigenvalue weighted by atomic mass is 10.1. The average molecular weight is 364 g/mol. The van der Waals surface area contributed by atoms with Crippen molar-refractivity contribution >= 4 is 34.5 Å². The number of carbonyl (C=O) groups excluding carboxylic acids is 2. The average Bonchev–Trinajstić information content (AvgIpc) is 2.78. The summed E-state index contributed by atoms with van der Waals surface area (Å²) in [5.41, 5.74) is 2.24. The van der Waals surface area contributed by atoms with Crippen molar-refractivity contribution < 1.29 is 18.9 Å². The minimum Gasteiger partial charge on any atom is -0.465 e. The first-order valence-corrected chi connectivity index (χ1v) is 6.59. The maximum absolute atomic E-state index is 12.5. The molecule has 1 amide bonds. The Balaban J connectivity index is 0.00000176. The third-order valence-electron chi connectivity index (χ3n) is 3.70. The summed E-state index contributed by atoms with van der Waals surface area (Å²) in [5, 5.41) is 0. The summed E-state index contributed by atoms with van der Waals surface area (Å²) in [6, 6.07) is 10.6. The van der Waals surface area contributed by atoms with Crippen LogP contribution in [-0.4, -0.2) is 26.0 Å². The van der Waals surface area contributed by atoms with Crippen molar-refractivity contribution in [2.45, 2.75) is 6.04 Å². The molecular formula is C16H16BrN2O3+. The van der Waals surface area contributed by atoms with Gasteiger partial charge < -0.3 is 9.64 Å². The molecule has 0 saturated heterocycles. The molecule has 22 heavy (non-hydrogen) atoms. The second-order valence-corrected chi connectivity index (χ2v) is 4.89. The molecule has 1 atom stereocenters. The minimum absolute atomic E-state index is 0. The van der Waals surface area contributed by atoms with Crippen molar-refractivity contribution in [1.29, 1.82) is 0 Å². The van der Waals surface area contributed by atoms with E-state index in [1.165, 1.54) is 7.11 Å². The van der Waals surface area contributed by atoms with E-state index in [0.717, 1.165) is 11.3 Å². The number of fused-ring (bicyclic) bond motifs is 1. The van der Waals surface area contributed by atoms with E-state index in [4.69, 9.17) is 4.74 Å². The van der Waals surface area contributed by atoms with Gasteiger partial charge in [0.1, 0.15) is 5.56 Å². The number of likely N-dealkylation sites (N-methyl/N-ethyl adjacent to an activating group) is 1. The first-order valence-electron chi connectivity index (χ1n) is 6.59. The van der Waals surface area contributed by atoms with Gasteiger partial charge >= 0.3 is 11.9 Å². The maximum atomic E-state index is 12.5. The smallest absolute Gasteiger partial charge is 0.343 e. The van der Waals surface area contributed by atoms with Gasteiger partial charge in [-0.25, -0.2) is 4.79 Å². The Kier molecular flexibility index (Phi) is 4.61. The standard InChI is InChI=1S/C16H15N2O3.BrH/c1-17-13-8-4-3-7-12(13)14(15(17)19)18-9-5-6-11(10-18)16(20)21-2;/h3-10,14H,1-2H3;1H/q+1;. The Labute approximate surface area is 138 Å². The number of esters is 1. The molecule has 2 aromatic rings. The lowest BCUT2D eigenvalue weighted by Crippen LogP contribution is -2.45. The van der Waals surface area contributed by atoms with Crippen LogP contribution in [0, 0.1) is 0 Å². The summed E-state index contributed by atoms with van der Waals surface area (Å²) in [7, 11) is 3.09. The lowest BCUT2D eigenvalue weighted by molar-refractivity contribution is -0.699. The Morgan fingerprint density at radius 1 is 1.23 bits per heavy atom. The zero-order valence-electron chi connectivity index (χ0n) is 12.2. The van der Waals surface area contributed by atoms with E-state index in [1.807, 2.05) is 24.3 Å². The molecule has 0 bridgehead atoms. The third kappa shape index (κ3) is 2.50. The molecule has 1 aliphatic heterocycles. The second kappa shape index (κ2) is 6.27. The summed E-state index contributed by atoms with van der Waals surface area (Å²) in [6.07, 6.45) is 3.43. The molecule has 0 N–H and O–H groups in total. The molecule has 1 unspecified atom stereocenters. The van der Waals surface area contributed by atoms with Gasteiger partial charge in [0, 0.05) is 13.1 Å². The summed E-state index contributed by atoms with van der Waals surface area (Å²) in [6.45, 7) is 0. The van der Waals surface area contributed by atoms with Crippen LogP contribution in [0.2, 0.25) is 0 Å². The normalized spacial score (nSPS) is 16.0. The van der Waals surface area contributed by atoms with Crippen LogP contribution in [-0.2, 0) is 9.53 Å². The Morgan fingerprint density at radius 2 is 1.95 bits per heavy atom. The molecule has 0 spiro atoms. The fourth-order valence-corrected chi connectivity index (χ4v) is 2.64. The summed E-state index contributed by atoms with van der Waals surface area (Å²) in [5.74, 6) is -0.445. The number of methoxy groups -OCH3 is 1. The van der Waals surface area contributed by atoms with Gasteiger partial charge in [0.2, 0.25) is 0 Å². The number of anilines is 1. The van der Waals surface area contributed by atoms with Gasteiger partial charge in [-0.3, -0.25) is 4.79 Å². The molecule has 1 aromatic heterocycles. The van der Waals surface area contributed by atoms with E-state index in [9.17, 15) is 9.59 Å². The number of carbonyl (C=O) groups is 2. The van der Waals surface area contributed by atoms with Crippen LogP contribution in [0.3, 0.4) is 0 Å². The predicted octanol–water partition coefficient (Wildman–Crippen LogP) is 1.90. The number of pyridine rings is 1. The van der Waals surface area contributed by atoms with Gasteiger partial charge in [-0.15, -0.1) is 17.0 Å². The van der Waals surface area contributed by atoms with Gasteiger partial charge in [-0.05, 0) is 18.2 Å². The fraction of sp³-hybridized carbons (Fsp3) is 0.188. The lowest BCUT2D eigenvalue weighted by Gasteiger charge is -2.08. The van der Waals surface area contributed by atoms with Crippen LogP contribution in [0.15, 0.2) is 48.8 Å². The Hall–Kier alpha value is -2.21. The first kappa shape index (κ1) is 16.2. The van der Waals surface area contributed by atoms with Gasteiger partial charge in [-0.1, -0.05) is 12.1 Å². The monoisotopic (exact) mass is 363 g/mol. The van der Waals surface area contributed by atoms with Gasteiger partial charge in [-0.2, -0.15) is 4.57 Å². The second-order valence-electron chi connectivity index (χ2n) is 4.89. The number of benzene rings is 1. The van der Waals surface area contributed by atoms with Crippen LogP contribution in [0.1, 0.15) is 22.0 Å². The predicted molar refractivity (Wildman–Crippen MR) is 86.3 cm³/mol. The highest BCUT2D eigenvalue weighted by atomic mass is 79.9. The summed E-state index contributed by atoms with van der Waals surface area (Å²) < 4.78 is 6.47. The van der Waals surface area contributed by atoms with Crippen molar-refractivity contribution in [1.82, 2.24) is 0 Å². The third-order valence-corrected chi connectivity index (χ3v) is 3.70. The number of aromatic nitrogens is 1. The molecule has 0 radical (unpaired) electrons.